The molecule has 0 radical (unpaired) electrons. The van der Waals surface area contributed by atoms with Crippen LogP contribution in [0.4, 0.5) is 0 Å². The normalized spacial score (nSPS) is 14.8. The molecular formula is C19H26N4O3S. The number of fused-ring (bicyclic) bond motifs is 1. The average molecular weight is 391 g/mol. The van der Waals surface area contributed by atoms with Crippen molar-refractivity contribution in [3.63, 3.8) is 0 Å². The van der Waals surface area contributed by atoms with Gasteiger partial charge >= 0.3 is 0 Å². The molecule has 1 saturated heterocycles. The predicted octanol–water partition coefficient (Wildman–Crippen LogP) is 2.26. The molecule has 1 aliphatic rings. The number of carbonyl (C=O) groups is 2. The SMILES string of the molecule is CCCCCn1cnc2sc(C(=O)N3CCN(C(C)=O)CC3)c(C)c2c1=O. The van der Waals surface area contributed by atoms with Crippen LogP contribution in [0, 0.1) is 6.92 Å². The van der Waals surface area contributed by atoms with Crippen LogP contribution >= 0.6 is 11.3 Å². The van der Waals surface area contributed by atoms with E-state index < -0.39 is 0 Å². The Labute approximate surface area is 162 Å². The van der Waals surface area contributed by atoms with Crippen molar-refractivity contribution in [3.05, 3.63) is 27.1 Å². The third kappa shape index (κ3) is 3.90. The molecule has 3 heterocycles. The molecule has 0 N–H and O–H groups in total. The van der Waals surface area contributed by atoms with Crippen molar-refractivity contribution >= 4 is 33.4 Å². The van der Waals surface area contributed by atoms with Crippen LogP contribution in [-0.4, -0.2) is 57.3 Å². The second-order valence-electron chi connectivity index (χ2n) is 6.98. The van der Waals surface area contributed by atoms with E-state index in [0.29, 0.717) is 47.8 Å². The first kappa shape index (κ1) is 19.5. The number of hydrogen-bond donors (Lipinski definition) is 0. The monoisotopic (exact) mass is 390 g/mol. The second-order valence-corrected chi connectivity index (χ2v) is 7.98. The minimum atomic E-state index is -0.0735. The lowest BCUT2D eigenvalue weighted by molar-refractivity contribution is -0.130. The molecule has 0 unspecified atom stereocenters. The van der Waals surface area contributed by atoms with Gasteiger partial charge in [-0.3, -0.25) is 19.0 Å². The van der Waals surface area contributed by atoms with Gasteiger partial charge in [-0.1, -0.05) is 19.8 Å². The number of aryl methyl sites for hydroxylation is 2. The van der Waals surface area contributed by atoms with E-state index in [1.807, 2.05) is 6.92 Å². The third-order valence-electron chi connectivity index (χ3n) is 5.13. The highest BCUT2D eigenvalue weighted by molar-refractivity contribution is 7.20. The Morgan fingerprint density at radius 3 is 2.44 bits per heavy atom. The number of amides is 2. The molecule has 2 amide bonds. The van der Waals surface area contributed by atoms with E-state index >= 15 is 0 Å². The molecule has 2 aromatic rings. The third-order valence-corrected chi connectivity index (χ3v) is 6.31. The van der Waals surface area contributed by atoms with Crippen LogP contribution in [0.25, 0.3) is 10.2 Å². The highest BCUT2D eigenvalue weighted by atomic mass is 32.1. The first-order valence-corrected chi connectivity index (χ1v) is 10.3. The quantitative estimate of drug-likeness (QED) is 0.734. The summed E-state index contributed by atoms with van der Waals surface area (Å²) in [5.41, 5.74) is 0.654. The molecule has 0 atom stereocenters. The van der Waals surface area contributed by atoms with Crippen LogP contribution in [0.1, 0.15) is 48.3 Å². The summed E-state index contributed by atoms with van der Waals surface area (Å²) in [5.74, 6) is -0.0383. The molecule has 0 aliphatic carbocycles. The van der Waals surface area contributed by atoms with E-state index in [1.165, 1.54) is 11.3 Å². The van der Waals surface area contributed by atoms with Gasteiger partial charge in [0.25, 0.3) is 11.5 Å². The van der Waals surface area contributed by atoms with Crippen molar-refractivity contribution in [1.29, 1.82) is 0 Å². The van der Waals surface area contributed by atoms with Gasteiger partial charge in [-0.25, -0.2) is 4.98 Å². The van der Waals surface area contributed by atoms with E-state index in [1.54, 1.807) is 27.6 Å². The number of aromatic nitrogens is 2. The van der Waals surface area contributed by atoms with Gasteiger partial charge in [-0.15, -0.1) is 11.3 Å². The fourth-order valence-electron chi connectivity index (χ4n) is 3.42. The molecule has 1 fully saturated rings. The summed E-state index contributed by atoms with van der Waals surface area (Å²) in [7, 11) is 0. The summed E-state index contributed by atoms with van der Waals surface area (Å²) >= 11 is 1.29. The van der Waals surface area contributed by atoms with Crippen LogP contribution in [0.3, 0.4) is 0 Å². The van der Waals surface area contributed by atoms with Crippen molar-refractivity contribution in [1.82, 2.24) is 19.4 Å². The number of carbonyl (C=O) groups excluding carboxylic acids is 2. The van der Waals surface area contributed by atoms with Crippen LogP contribution in [0.15, 0.2) is 11.1 Å². The van der Waals surface area contributed by atoms with Crippen molar-refractivity contribution in [2.45, 2.75) is 46.6 Å². The molecule has 0 bridgehead atoms. The van der Waals surface area contributed by atoms with Crippen LogP contribution in [0.2, 0.25) is 0 Å². The largest absolute Gasteiger partial charge is 0.339 e. The molecule has 27 heavy (non-hydrogen) atoms. The standard InChI is InChI=1S/C19H26N4O3S/c1-4-5-6-7-23-12-20-17-15(18(23)25)13(2)16(27-17)19(26)22-10-8-21(9-11-22)14(3)24/h12H,4-11H2,1-3H3. The minimum Gasteiger partial charge on any atom is -0.339 e. The second kappa shape index (κ2) is 8.21. The number of piperazine rings is 1. The maximum atomic E-state index is 13.0. The zero-order chi connectivity index (χ0) is 19.6. The molecular weight excluding hydrogens is 364 g/mol. The van der Waals surface area contributed by atoms with E-state index in [-0.39, 0.29) is 17.4 Å². The van der Waals surface area contributed by atoms with Gasteiger partial charge in [0.15, 0.2) is 0 Å². The fraction of sp³-hybridized carbons (Fsp3) is 0.579. The lowest BCUT2D eigenvalue weighted by atomic mass is 10.2. The summed E-state index contributed by atoms with van der Waals surface area (Å²) in [6.45, 7) is 8.28. The summed E-state index contributed by atoms with van der Waals surface area (Å²) in [6.07, 6.45) is 4.70. The highest BCUT2D eigenvalue weighted by Gasteiger charge is 2.27. The minimum absolute atomic E-state index is 0.0352. The van der Waals surface area contributed by atoms with Gasteiger partial charge in [0.2, 0.25) is 5.91 Å². The molecule has 0 spiro atoms. The van der Waals surface area contributed by atoms with Crippen LogP contribution < -0.4 is 5.56 Å². The highest BCUT2D eigenvalue weighted by Crippen LogP contribution is 2.28. The maximum absolute atomic E-state index is 13.0. The Morgan fingerprint density at radius 1 is 1.15 bits per heavy atom. The Bertz CT molecular complexity index is 910. The van der Waals surface area contributed by atoms with Gasteiger partial charge < -0.3 is 9.80 Å². The Kier molecular flexibility index (Phi) is 5.94. The molecule has 3 rings (SSSR count). The van der Waals surface area contributed by atoms with Crippen LogP contribution in [0.5, 0.6) is 0 Å². The van der Waals surface area contributed by atoms with Crippen molar-refractivity contribution in [3.8, 4) is 0 Å². The predicted molar refractivity (Wildman–Crippen MR) is 106 cm³/mol. The molecule has 7 nitrogen and oxygen atoms in total. The molecule has 1 aliphatic heterocycles. The van der Waals surface area contributed by atoms with Gasteiger partial charge in [0, 0.05) is 39.6 Å². The fourth-order valence-corrected chi connectivity index (χ4v) is 4.53. The molecule has 0 aromatic carbocycles. The Morgan fingerprint density at radius 2 is 1.81 bits per heavy atom. The van der Waals surface area contributed by atoms with Crippen molar-refractivity contribution < 1.29 is 9.59 Å². The summed E-state index contributed by atoms with van der Waals surface area (Å²) in [4.78, 5) is 46.4. The zero-order valence-corrected chi connectivity index (χ0v) is 17.0. The lowest BCUT2D eigenvalue weighted by Crippen LogP contribution is -2.50. The number of hydrogen-bond acceptors (Lipinski definition) is 5. The van der Waals surface area contributed by atoms with E-state index in [9.17, 15) is 14.4 Å². The van der Waals surface area contributed by atoms with E-state index in [4.69, 9.17) is 0 Å². The number of thiophene rings is 1. The van der Waals surface area contributed by atoms with Gasteiger partial charge in [-0.2, -0.15) is 0 Å². The summed E-state index contributed by atoms with van der Waals surface area (Å²) in [6, 6.07) is 0. The van der Waals surface area contributed by atoms with E-state index in [0.717, 1.165) is 24.8 Å². The summed E-state index contributed by atoms with van der Waals surface area (Å²) < 4.78 is 1.65. The Hall–Kier alpha value is -2.22. The molecule has 146 valence electrons. The first-order chi connectivity index (χ1) is 12.9. The van der Waals surface area contributed by atoms with E-state index in [2.05, 4.69) is 11.9 Å². The molecule has 8 heteroatoms. The first-order valence-electron chi connectivity index (χ1n) is 9.47. The topological polar surface area (TPSA) is 75.5 Å². The number of unbranched alkanes of at least 4 members (excludes halogenated alkanes) is 2. The van der Waals surface area contributed by atoms with Crippen LogP contribution in [-0.2, 0) is 11.3 Å². The number of rotatable bonds is 5. The smallest absolute Gasteiger partial charge is 0.264 e. The summed E-state index contributed by atoms with van der Waals surface area (Å²) in [5, 5.41) is 0.560. The van der Waals surface area contributed by atoms with Gasteiger partial charge in [-0.05, 0) is 18.9 Å². The zero-order valence-electron chi connectivity index (χ0n) is 16.2. The molecule has 2 aromatic heterocycles. The maximum Gasteiger partial charge on any atom is 0.264 e. The van der Waals surface area contributed by atoms with Crippen molar-refractivity contribution in [2.75, 3.05) is 26.2 Å². The van der Waals surface area contributed by atoms with Gasteiger partial charge in [0.05, 0.1) is 16.6 Å². The number of nitrogens with zero attached hydrogens (tertiary/aromatic N) is 4. The average Bonchev–Trinajstić information content (AvgIpc) is 3.00. The lowest BCUT2D eigenvalue weighted by Gasteiger charge is -2.34. The Balaban J connectivity index is 1.84. The van der Waals surface area contributed by atoms with Crippen molar-refractivity contribution in [2.24, 2.45) is 0 Å². The van der Waals surface area contributed by atoms with Gasteiger partial charge in [0.1, 0.15) is 4.83 Å². The molecule has 0 saturated carbocycles.